The molecule has 116 valence electrons. The number of aliphatic hydroxyl groups is 1. The average molecular weight is 322 g/mol. The molecule has 0 aliphatic rings. The molecule has 22 heavy (non-hydrogen) atoms. The van der Waals surface area contributed by atoms with Gasteiger partial charge >= 0.3 is 0 Å². The first-order valence-electron chi connectivity index (χ1n) is 6.40. The predicted molar refractivity (Wildman–Crippen MR) is 81.2 cm³/mol. The molecule has 2 aromatic carbocycles. The highest BCUT2D eigenvalue weighted by atomic mass is 32.2. The maximum absolute atomic E-state index is 12.8. The molecule has 1 N–H and O–H groups in total. The van der Waals surface area contributed by atoms with Gasteiger partial charge in [-0.1, -0.05) is 30.3 Å². The minimum absolute atomic E-state index is 0.196. The zero-order chi connectivity index (χ0) is 16.2. The molecule has 0 bridgehead atoms. The van der Waals surface area contributed by atoms with Gasteiger partial charge in [0.1, 0.15) is 0 Å². The van der Waals surface area contributed by atoms with Crippen LogP contribution in [0.15, 0.2) is 59.5 Å². The summed E-state index contributed by atoms with van der Waals surface area (Å²) >= 11 is 0. The Balaban J connectivity index is 2.58. The molecule has 0 radical (unpaired) electrons. The van der Waals surface area contributed by atoms with Crippen LogP contribution in [0.4, 0.5) is 11.4 Å². The van der Waals surface area contributed by atoms with E-state index in [2.05, 4.69) is 0 Å². The van der Waals surface area contributed by atoms with Gasteiger partial charge in [-0.05, 0) is 18.2 Å². The van der Waals surface area contributed by atoms with Crippen LogP contribution in [0.2, 0.25) is 0 Å². The molecular weight excluding hydrogens is 308 g/mol. The number of sulfonamides is 1. The fourth-order valence-electron chi connectivity index (χ4n) is 2.02. The van der Waals surface area contributed by atoms with Crippen LogP contribution < -0.4 is 4.31 Å². The third kappa shape index (κ3) is 3.07. The van der Waals surface area contributed by atoms with Crippen molar-refractivity contribution < 1.29 is 18.4 Å². The Morgan fingerprint density at radius 3 is 2.23 bits per heavy atom. The van der Waals surface area contributed by atoms with Gasteiger partial charge in [-0.2, -0.15) is 0 Å². The highest BCUT2D eigenvalue weighted by molar-refractivity contribution is 7.93. The van der Waals surface area contributed by atoms with E-state index in [-0.39, 0.29) is 6.54 Å². The third-order valence-corrected chi connectivity index (χ3v) is 4.85. The molecule has 0 saturated carbocycles. The summed E-state index contributed by atoms with van der Waals surface area (Å²) in [6, 6.07) is 13.3. The Morgan fingerprint density at radius 2 is 1.64 bits per heavy atom. The van der Waals surface area contributed by atoms with Crippen molar-refractivity contribution in [1.82, 2.24) is 0 Å². The topological polar surface area (TPSA) is 101 Å². The Bertz CT molecular complexity index is 762. The average Bonchev–Trinajstić information content (AvgIpc) is 2.53. The second-order valence-electron chi connectivity index (χ2n) is 4.36. The quantitative estimate of drug-likeness (QED) is 0.645. The number of hydrogen-bond acceptors (Lipinski definition) is 5. The first-order chi connectivity index (χ1) is 10.5. The summed E-state index contributed by atoms with van der Waals surface area (Å²) in [5.41, 5.74) is -0.170. The fourth-order valence-corrected chi connectivity index (χ4v) is 3.63. The lowest BCUT2D eigenvalue weighted by Gasteiger charge is -2.23. The lowest BCUT2D eigenvalue weighted by atomic mass is 10.3. The van der Waals surface area contributed by atoms with Gasteiger partial charge in [0.15, 0.2) is 4.90 Å². The Labute approximate surface area is 127 Å². The summed E-state index contributed by atoms with van der Waals surface area (Å²) in [5, 5.41) is 20.2. The zero-order valence-corrected chi connectivity index (χ0v) is 12.3. The molecule has 7 nitrogen and oxygen atoms in total. The molecule has 0 aliphatic carbocycles. The second kappa shape index (κ2) is 6.54. The minimum atomic E-state index is -4.16. The number of hydrogen-bond donors (Lipinski definition) is 1. The molecule has 0 aliphatic heterocycles. The summed E-state index contributed by atoms with van der Waals surface area (Å²) in [6.07, 6.45) is 0. The van der Waals surface area contributed by atoms with Crippen molar-refractivity contribution in [3.05, 3.63) is 64.7 Å². The molecule has 8 heteroatoms. The second-order valence-corrected chi connectivity index (χ2v) is 6.19. The number of nitro groups is 1. The lowest BCUT2D eigenvalue weighted by molar-refractivity contribution is -0.387. The van der Waals surface area contributed by atoms with Crippen LogP contribution in [-0.4, -0.2) is 31.6 Å². The van der Waals surface area contributed by atoms with Gasteiger partial charge in [0.05, 0.1) is 23.8 Å². The molecule has 0 atom stereocenters. The van der Waals surface area contributed by atoms with Gasteiger partial charge in [-0.15, -0.1) is 0 Å². The van der Waals surface area contributed by atoms with Crippen LogP contribution in [0.5, 0.6) is 0 Å². The van der Waals surface area contributed by atoms with Gasteiger partial charge in [-0.25, -0.2) is 8.42 Å². The van der Waals surface area contributed by atoms with Crippen molar-refractivity contribution in [2.75, 3.05) is 17.5 Å². The molecule has 0 spiro atoms. The van der Waals surface area contributed by atoms with E-state index in [4.69, 9.17) is 5.11 Å². The molecular formula is C14H14N2O5S. The Hall–Kier alpha value is -2.45. The van der Waals surface area contributed by atoms with E-state index in [0.29, 0.717) is 5.69 Å². The van der Waals surface area contributed by atoms with Crippen molar-refractivity contribution in [3.8, 4) is 0 Å². The van der Waals surface area contributed by atoms with Gasteiger partial charge < -0.3 is 5.11 Å². The van der Waals surface area contributed by atoms with Crippen molar-refractivity contribution >= 4 is 21.4 Å². The van der Waals surface area contributed by atoms with Gasteiger partial charge in [0.2, 0.25) is 0 Å². The van der Waals surface area contributed by atoms with E-state index < -0.39 is 32.1 Å². The summed E-state index contributed by atoms with van der Waals surface area (Å²) in [4.78, 5) is 9.91. The molecule has 2 rings (SSSR count). The van der Waals surface area contributed by atoms with Crippen molar-refractivity contribution in [1.29, 1.82) is 0 Å². The summed E-state index contributed by atoms with van der Waals surface area (Å²) < 4.78 is 26.5. The molecule has 0 fully saturated rings. The van der Waals surface area contributed by atoms with E-state index in [1.807, 2.05) is 0 Å². The minimum Gasteiger partial charge on any atom is -0.394 e. The molecule has 0 saturated heterocycles. The van der Waals surface area contributed by atoms with Crippen molar-refractivity contribution in [2.24, 2.45) is 0 Å². The fraction of sp³-hybridized carbons (Fsp3) is 0.143. The van der Waals surface area contributed by atoms with Crippen LogP contribution in [0, 0.1) is 10.1 Å². The van der Waals surface area contributed by atoms with Crippen LogP contribution in [-0.2, 0) is 10.0 Å². The maximum Gasteiger partial charge on any atom is 0.289 e. The highest BCUT2D eigenvalue weighted by Gasteiger charge is 2.31. The molecule has 0 amide bonds. The number of benzene rings is 2. The van der Waals surface area contributed by atoms with E-state index in [0.717, 1.165) is 10.4 Å². The predicted octanol–water partition coefficient (Wildman–Crippen LogP) is 1.78. The first-order valence-corrected chi connectivity index (χ1v) is 7.84. The van der Waals surface area contributed by atoms with Crippen LogP contribution in [0.25, 0.3) is 0 Å². The van der Waals surface area contributed by atoms with Gasteiger partial charge in [-0.3, -0.25) is 14.4 Å². The molecule has 0 aromatic heterocycles. The van der Waals surface area contributed by atoms with Crippen molar-refractivity contribution in [2.45, 2.75) is 4.90 Å². The number of nitrogens with zero attached hydrogens (tertiary/aromatic N) is 2. The molecule has 0 heterocycles. The Kier molecular flexibility index (Phi) is 4.74. The Morgan fingerprint density at radius 1 is 1.05 bits per heavy atom. The smallest absolute Gasteiger partial charge is 0.289 e. The standard InChI is InChI=1S/C14H14N2O5S/c17-11-10-15(12-6-2-1-3-7-12)22(20,21)14-9-5-4-8-13(14)16(18)19/h1-9,17H,10-11H2. The third-order valence-electron chi connectivity index (χ3n) is 2.98. The number of para-hydroxylation sites is 2. The van der Waals surface area contributed by atoms with Gasteiger partial charge in [0.25, 0.3) is 15.7 Å². The summed E-state index contributed by atoms with van der Waals surface area (Å²) in [5.74, 6) is 0. The summed E-state index contributed by atoms with van der Waals surface area (Å²) in [6.45, 7) is -0.604. The van der Waals surface area contributed by atoms with Crippen molar-refractivity contribution in [3.63, 3.8) is 0 Å². The van der Waals surface area contributed by atoms with E-state index in [1.165, 1.54) is 18.2 Å². The molecule has 2 aromatic rings. The summed E-state index contributed by atoms with van der Waals surface area (Å²) in [7, 11) is -4.16. The van der Waals surface area contributed by atoms with Crippen LogP contribution >= 0.6 is 0 Å². The highest BCUT2D eigenvalue weighted by Crippen LogP contribution is 2.29. The monoisotopic (exact) mass is 322 g/mol. The normalized spacial score (nSPS) is 11.1. The zero-order valence-electron chi connectivity index (χ0n) is 11.5. The number of nitro benzene ring substituents is 1. The van der Waals surface area contributed by atoms with E-state index in [9.17, 15) is 18.5 Å². The lowest BCUT2D eigenvalue weighted by Crippen LogP contribution is -2.34. The van der Waals surface area contributed by atoms with E-state index in [1.54, 1.807) is 30.3 Å². The number of rotatable bonds is 6. The first kappa shape index (κ1) is 15.9. The van der Waals surface area contributed by atoms with Crippen LogP contribution in [0.1, 0.15) is 0 Å². The van der Waals surface area contributed by atoms with E-state index >= 15 is 0 Å². The molecule has 0 unspecified atom stereocenters. The largest absolute Gasteiger partial charge is 0.394 e. The maximum atomic E-state index is 12.8. The number of aliphatic hydroxyl groups excluding tert-OH is 1. The van der Waals surface area contributed by atoms with Crippen LogP contribution in [0.3, 0.4) is 0 Å². The van der Waals surface area contributed by atoms with Gasteiger partial charge in [0, 0.05) is 6.07 Å². The number of anilines is 1. The SMILES string of the molecule is O=[N+]([O-])c1ccccc1S(=O)(=O)N(CCO)c1ccccc1.